The molecule has 0 amide bonds. The third-order valence-corrected chi connectivity index (χ3v) is 6.65. The van der Waals surface area contributed by atoms with Gasteiger partial charge in [-0.2, -0.15) is 0 Å². The Morgan fingerprint density at radius 1 is 1.05 bits per heavy atom. The monoisotopic (exact) mass is 263 g/mol. The average molecular weight is 263 g/mol. The van der Waals surface area contributed by atoms with Gasteiger partial charge in [-0.15, -0.1) is 0 Å². The average Bonchev–Trinajstić information content (AvgIpc) is 2.30. The Balaban J connectivity index is 2.00. The van der Waals surface area contributed by atoms with E-state index in [-0.39, 0.29) is 5.60 Å². The first-order chi connectivity index (χ1) is 8.78. The minimum absolute atomic E-state index is 0.0157. The van der Waals surface area contributed by atoms with Gasteiger partial charge in [-0.3, -0.25) is 0 Å². The lowest BCUT2D eigenvalue weighted by molar-refractivity contribution is -0.196. The molecule has 1 heterocycles. The Kier molecular flexibility index (Phi) is 2.82. The van der Waals surface area contributed by atoms with E-state index in [0.717, 1.165) is 12.3 Å². The summed E-state index contributed by atoms with van der Waals surface area (Å²) < 4.78 is 0. The van der Waals surface area contributed by atoms with E-state index in [1.807, 2.05) is 0 Å². The predicted octanol–water partition coefficient (Wildman–Crippen LogP) is 4.78. The Morgan fingerprint density at radius 3 is 2.53 bits per heavy atom. The first-order valence-electron chi connectivity index (χ1n) is 8.00. The van der Waals surface area contributed by atoms with E-state index < -0.39 is 0 Å². The van der Waals surface area contributed by atoms with Crippen LogP contribution in [0.1, 0.15) is 73.1 Å². The third kappa shape index (κ3) is 1.86. The first-order valence-corrected chi connectivity index (χ1v) is 8.00. The summed E-state index contributed by atoms with van der Waals surface area (Å²) in [6.45, 7) is 11.9. The minimum Gasteiger partial charge on any atom is -0.389 e. The van der Waals surface area contributed by atoms with Crippen LogP contribution in [0.5, 0.6) is 0 Å². The molecule has 2 fully saturated rings. The second kappa shape index (κ2) is 3.99. The van der Waals surface area contributed by atoms with Gasteiger partial charge in [0.25, 0.3) is 0 Å². The van der Waals surface area contributed by atoms with Crippen molar-refractivity contribution in [3.05, 3.63) is 0 Å². The van der Waals surface area contributed by atoms with Crippen LogP contribution in [-0.2, 0) is 4.84 Å². The molecule has 0 aromatic rings. The molecule has 2 heteroatoms. The largest absolute Gasteiger partial charge is 0.389 e. The standard InChI is InChI=1S/C17H29NO/c1-12-11-14-16(4)9-6-8-15(2,3)13(16)7-10-17(14,5)19-18-12/h13-14H,6-11H2,1-5H3/t13-,14+,16+,17-/m1/s1. The van der Waals surface area contributed by atoms with Gasteiger partial charge in [-0.25, -0.2) is 0 Å². The van der Waals surface area contributed by atoms with Crippen molar-refractivity contribution in [2.75, 3.05) is 0 Å². The smallest absolute Gasteiger partial charge is 0.138 e. The van der Waals surface area contributed by atoms with Crippen molar-refractivity contribution in [3.8, 4) is 0 Å². The van der Waals surface area contributed by atoms with Crippen molar-refractivity contribution in [2.45, 2.75) is 78.7 Å². The molecule has 0 aromatic heterocycles. The summed E-state index contributed by atoms with van der Waals surface area (Å²) in [7, 11) is 0. The molecule has 0 bridgehead atoms. The zero-order valence-electron chi connectivity index (χ0n) is 13.3. The first kappa shape index (κ1) is 13.5. The van der Waals surface area contributed by atoms with E-state index in [0.29, 0.717) is 16.7 Å². The SMILES string of the molecule is CC1=NO[C@]2(C)CC[C@@H]3C(C)(C)CCC[C@]3(C)[C@@H]2C1. The highest BCUT2D eigenvalue weighted by Gasteiger charge is 2.60. The van der Waals surface area contributed by atoms with Crippen LogP contribution in [0.3, 0.4) is 0 Å². The van der Waals surface area contributed by atoms with Crippen molar-refractivity contribution in [3.63, 3.8) is 0 Å². The summed E-state index contributed by atoms with van der Waals surface area (Å²) >= 11 is 0. The van der Waals surface area contributed by atoms with Gasteiger partial charge in [0.05, 0.1) is 5.71 Å². The fourth-order valence-corrected chi connectivity index (χ4v) is 5.68. The Bertz CT molecular complexity index is 413. The van der Waals surface area contributed by atoms with Gasteiger partial charge in [0.2, 0.25) is 0 Å². The van der Waals surface area contributed by atoms with Crippen LogP contribution in [0.4, 0.5) is 0 Å². The summed E-state index contributed by atoms with van der Waals surface area (Å²) in [5, 5.41) is 4.31. The van der Waals surface area contributed by atoms with Crippen molar-refractivity contribution in [2.24, 2.45) is 27.8 Å². The molecule has 2 saturated carbocycles. The molecule has 3 rings (SSSR count). The van der Waals surface area contributed by atoms with Gasteiger partial charge >= 0.3 is 0 Å². The molecule has 0 saturated heterocycles. The predicted molar refractivity (Wildman–Crippen MR) is 79.2 cm³/mol. The molecular formula is C17H29NO. The molecule has 1 aliphatic heterocycles. The van der Waals surface area contributed by atoms with Crippen LogP contribution in [0.2, 0.25) is 0 Å². The second-order valence-corrected chi connectivity index (χ2v) is 8.43. The van der Waals surface area contributed by atoms with E-state index in [4.69, 9.17) is 4.84 Å². The molecule has 3 aliphatic rings. The number of oxime groups is 1. The normalized spacial score (nSPS) is 48.6. The molecule has 19 heavy (non-hydrogen) atoms. The van der Waals surface area contributed by atoms with Crippen LogP contribution in [-0.4, -0.2) is 11.3 Å². The van der Waals surface area contributed by atoms with Gasteiger partial charge in [0, 0.05) is 5.92 Å². The van der Waals surface area contributed by atoms with Gasteiger partial charge in [-0.05, 0) is 62.7 Å². The summed E-state index contributed by atoms with van der Waals surface area (Å²) in [5.74, 6) is 1.50. The van der Waals surface area contributed by atoms with Gasteiger partial charge in [0.15, 0.2) is 0 Å². The molecule has 0 N–H and O–H groups in total. The van der Waals surface area contributed by atoms with Crippen molar-refractivity contribution >= 4 is 5.71 Å². The highest BCUT2D eigenvalue weighted by atomic mass is 16.7. The molecule has 0 spiro atoms. The molecule has 2 nitrogen and oxygen atoms in total. The Labute approximate surface area is 118 Å². The highest BCUT2D eigenvalue weighted by molar-refractivity contribution is 5.82. The topological polar surface area (TPSA) is 21.6 Å². The maximum absolute atomic E-state index is 5.95. The van der Waals surface area contributed by atoms with E-state index in [1.165, 1.54) is 37.8 Å². The number of fused-ring (bicyclic) bond motifs is 3. The number of hydrogen-bond donors (Lipinski definition) is 0. The van der Waals surface area contributed by atoms with E-state index in [2.05, 4.69) is 39.8 Å². The summed E-state index contributed by atoms with van der Waals surface area (Å²) in [6.07, 6.45) is 7.77. The second-order valence-electron chi connectivity index (χ2n) is 8.43. The van der Waals surface area contributed by atoms with E-state index in [1.54, 1.807) is 0 Å². The lowest BCUT2D eigenvalue weighted by Crippen LogP contribution is -2.59. The fourth-order valence-electron chi connectivity index (χ4n) is 5.68. The molecule has 108 valence electrons. The van der Waals surface area contributed by atoms with Crippen molar-refractivity contribution in [1.29, 1.82) is 0 Å². The van der Waals surface area contributed by atoms with Crippen molar-refractivity contribution < 1.29 is 4.84 Å². The van der Waals surface area contributed by atoms with E-state index >= 15 is 0 Å². The molecule has 0 aromatic carbocycles. The molecule has 4 atom stereocenters. The van der Waals surface area contributed by atoms with E-state index in [9.17, 15) is 0 Å². The fraction of sp³-hybridized carbons (Fsp3) is 0.941. The van der Waals surface area contributed by atoms with Crippen LogP contribution in [0.25, 0.3) is 0 Å². The zero-order valence-corrected chi connectivity index (χ0v) is 13.3. The molecule has 0 unspecified atom stereocenters. The maximum Gasteiger partial charge on any atom is 0.138 e. The lowest BCUT2D eigenvalue weighted by atomic mass is 9.45. The highest BCUT2D eigenvalue weighted by Crippen LogP contribution is 2.64. The maximum atomic E-state index is 5.95. The van der Waals surface area contributed by atoms with Crippen LogP contribution < -0.4 is 0 Å². The quantitative estimate of drug-likeness (QED) is 0.616. The number of hydrogen-bond acceptors (Lipinski definition) is 2. The zero-order chi connectivity index (χ0) is 13.9. The summed E-state index contributed by atoms with van der Waals surface area (Å²) in [4.78, 5) is 5.95. The summed E-state index contributed by atoms with van der Waals surface area (Å²) in [5.41, 5.74) is 2.11. The molecule has 2 aliphatic carbocycles. The van der Waals surface area contributed by atoms with Crippen LogP contribution >= 0.6 is 0 Å². The summed E-state index contributed by atoms with van der Waals surface area (Å²) in [6, 6.07) is 0. The van der Waals surface area contributed by atoms with Crippen LogP contribution in [0, 0.1) is 22.7 Å². The Morgan fingerprint density at radius 2 is 1.79 bits per heavy atom. The van der Waals surface area contributed by atoms with Crippen molar-refractivity contribution in [1.82, 2.24) is 0 Å². The molecular weight excluding hydrogens is 234 g/mol. The molecule has 0 radical (unpaired) electrons. The Hall–Kier alpha value is -0.530. The number of nitrogens with zero attached hydrogens (tertiary/aromatic N) is 1. The van der Waals surface area contributed by atoms with Crippen LogP contribution in [0.15, 0.2) is 5.16 Å². The number of rotatable bonds is 0. The van der Waals surface area contributed by atoms with Gasteiger partial charge < -0.3 is 4.84 Å². The van der Waals surface area contributed by atoms with Gasteiger partial charge in [0.1, 0.15) is 5.60 Å². The van der Waals surface area contributed by atoms with Gasteiger partial charge in [-0.1, -0.05) is 32.3 Å². The minimum atomic E-state index is -0.0157. The third-order valence-electron chi connectivity index (χ3n) is 6.65. The lowest BCUT2D eigenvalue weighted by Gasteiger charge is -2.62.